The molecule has 0 aliphatic carbocycles. The number of aryl methyl sites for hydroxylation is 3. The van der Waals surface area contributed by atoms with E-state index in [4.69, 9.17) is 9.51 Å². The summed E-state index contributed by atoms with van der Waals surface area (Å²) in [5.41, 5.74) is 7.48. The summed E-state index contributed by atoms with van der Waals surface area (Å²) in [7, 11) is 1.82. The number of rotatable bonds is 5. The van der Waals surface area contributed by atoms with Crippen molar-refractivity contribution in [2.45, 2.75) is 20.8 Å². The van der Waals surface area contributed by atoms with Crippen LogP contribution >= 0.6 is 0 Å². The third-order valence-corrected chi connectivity index (χ3v) is 5.11. The molecule has 2 aromatic heterocycles. The van der Waals surface area contributed by atoms with Crippen LogP contribution < -0.4 is 5.32 Å². The molecule has 0 bridgehead atoms. The molecule has 0 fully saturated rings. The summed E-state index contributed by atoms with van der Waals surface area (Å²) >= 11 is 0. The molecule has 1 N–H and O–H groups in total. The van der Waals surface area contributed by atoms with E-state index in [1.165, 1.54) is 16.7 Å². The van der Waals surface area contributed by atoms with Crippen molar-refractivity contribution in [1.29, 1.82) is 0 Å². The number of benzene rings is 2. The molecule has 0 saturated heterocycles. The summed E-state index contributed by atoms with van der Waals surface area (Å²) in [6.45, 7) is 6.30. The largest absolute Gasteiger partial charge is 0.373 e. The number of anilines is 1. The Morgan fingerprint density at radius 3 is 2.60 bits per heavy atom. The highest BCUT2D eigenvalue weighted by molar-refractivity contribution is 5.89. The lowest BCUT2D eigenvalue weighted by Gasteiger charge is -2.07. The lowest BCUT2D eigenvalue weighted by Crippen LogP contribution is -1.96. The maximum atomic E-state index is 5.72. The predicted octanol–water partition coefficient (Wildman–Crippen LogP) is 5.69. The lowest BCUT2D eigenvalue weighted by molar-refractivity contribution is 0.409. The van der Waals surface area contributed by atoms with Gasteiger partial charge in [0.2, 0.25) is 5.82 Å². The third-order valence-electron chi connectivity index (χ3n) is 5.11. The number of nitrogens with zero attached hydrogens (tertiary/aromatic N) is 3. The summed E-state index contributed by atoms with van der Waals surface area (Å²) in [5.74, 6) is 1.68. The van der Waals surface area contributed by atoms with Crippen LogP contribution in [-0.2, 0) is 0 Å². The summed E-state index contributed by atoms with van der Waals surface area (Å²) in [6, 6.07) is 18.5. The molecule has 2 heterocycles. The van der Waals surface area contributed by atoms with Crippen molar-refractivity contribution in [3.05, 3.63) is 94.5 Å². The van der Waals surface area contributed by atoms with Crippen LogP contribution in [0.1, 0.15) is 33.7 Å². The summed E-state index contributed by atoms with van der Waals surface area (Å²) in [6.07, 6.45) is 3.83. The molecular formula is C25H24N4O. The number of pyridine rings is 1. The number of hydrogen-bond donors (Lipinski definition) is 1. The second kappa shape index (κ2) is 8.33. The molecule has 150 valence electrons. The maximum Gasteiger partial charge on any atom is 0.258 e. The van der Waals surface area contributed by atoms with Crippen molar-refractivity contribution in [3.63, 3.8) is 0 Å². The summed E-state index contributed by atoms with van der Waals surface area (Å²) in [4.78, 5) is 9.04. The van der Waals surface area contributed by atoms with E-state index < -0.39 is 0 Å². The normalized spacial score (nSPS) is 11.5. The fourth-order valence-corrected chi connectivity index (χ4v) is 3.33. The Kier molecular flexibility index (Phi) is 5.44. The van der Waals surface area contributed by atoms with Crippen molar-refractivity contribution < 1.29 is 4.52 Å². The molecule has 0 aliphatic heterocycles. The summed E-state index contributed by atoms with van der Waals surface area (Å²) < 4.78 is 5.72. The van der Waals surface area contributed by atoms with Crippen LogP contribution in [0.2, 0.25) is 0 Å². The van der Waals surface area contributed by atoms with Crippen molar-refractivity contribution >= 4 is 17.5 Å². The monoisotopic (exact) mass is 396 g/mol. The van der Waals surface area contributed by atoms with Crippen LogP contribution in [-0.4, -0.2) is 22.2 Å². The van der Waals surface area contributed by atoms with Crippen LogP contribution in [0, 0.1) is 20.8 Å². The Hall–Kier alpha value is -3.73. The van der Waals surface area contributed by atoms with Gasteiger partial charge in [0, 0.05) is 18.8 Å². The van der Waals surface area contributed by atoms with Gasteiger partial charge < -0.3 is 9.84 Å². The average molecular weight is 396 g/mol. The van der Waals surface area contributed by atoms with Gasteiger partial charge in [0.15, 0.2) is 0 Å². The van der Waals surface area contributed by atoms with Crippen LogP contribution in [0.3, 0.4) is 0 Å². The smallest absolute Gasteiger partial charge is 0.258 e. The zero-order chi connectivity index (χ0) is 21.1. The van der Waals surface area contributed by atoms with Crippen molar-refractivity contribution in [1.82, 2.24) is 15.1 Å². The summed E-state index contributed by atoms with van der Waals surface area (Å²) in [5, 5.41) is 7.31. The zero-order valence-electron chi connectivity index (χ0n) is 17.6. The molecule has 5 nitrogen and oxygen atoms in total. The van der Waals surface area contributed by atoms with Gasteiger partial charge in [-0.05, 0) is 61.2 Å². The van der Waals surface area contributed by atoms with Gasteiger partial charge in [-0.2, -0.15) is 4.98 Å². The van der Waals surface area contributed by atoms with Gasteiger partial charge >= 0.3 is 0 Å². The molecule has 5 heteroatoms. The third kappa shape index (κ3) is 4.01. The average Bonchev–Trinajstić information content (AvgIpc) is 3.24. The van der Waals surface area contributed by atoms with Crippen LogP contribution in [0.4, 0.5) is 5.82 Å². The molecule has 0 amide bonds. The Balaban J connectivity index is 1.84. The van der Waals surface area contributed by atoms with E-state index in [-0.39, 0.29) is 0 Å². The van der Waals surface area contributed by atoms with E-state index in [2.05, 4.69) is 78.7 Å². The lowest BCUT2D eigenvalue weighted by atomic mass is 9.99. The molecule has 0 spiro atoms. The highest BCUT2D eigenvalue weighted by Crippen LogP contribution is 2.29. The van der Waals surface area contributed by atoms with E-state index in [0.29, 0.717) is 17.5 Å². The number of hydrogen-bond acceptors (Lipinski definition) is 5. The van der Waals surface area contributed by atoms with E-state index in [9.17, 15) is 0 Å². The first-order chi connectivity index (χ1) is 14.5. The van der Waals surface area contributed by atoms with Crippen molar-refractivity contribution in [3.8, 4) is 11.4 Å². The van der Waals surface area contributed by atoms with Gasteiger partial charge in [0.1, 0.15) is 5.82 Å². The molecule has 0 aliphatic rings. The molecule has 4 aromatic rings. The van der Waals surface area contributed by atoms with Crippen molar-refractivity contribution in [2.24, 2.45) is 0 Å². The predicted molar refractivity (Wildman–Crippen MR) is 121 cm³/mol. The highest BCUT2D eigenvalue weighted by atomic mass is 16.5. The van der Waals surface area contributed by atoms with Gasteiger partial charge in [-0.1, -0.05) is 53.2 Å². The van der Waals surface area contributed by atoms with Crippen LogP contribution in [0.5, 0.6) is 0 Å². The minimum Gasteiger partial charge on any atom is -0.373 e. The van der Waals surface area contributed by atoms with E-state index in [1.54, 1.807) is 6.20 Å². The Morgan fingerprint density at radius 2 is 1.83 bits per heavy atom. The molecule has 4 rings (SSSR count). The number of aromatic nitrogens is 3. The van der Waals surface area contributed by atoms with Gasteiger partial charge in [0.25, 0.3) is 5.89 Å². The Bertz CT molecular complexity index is 1220. The van der Waals surface area contributed by atoms with Crippen LogP contribution in [0.25, 0.3) is 23.0 Å². The molecule has 0 saturated carbocycles. The second-order valence-electron chi connectivity index (χ2n) is 7.34. The van der Waals surface area contributed by atoms with Gasteiger partial charge in [-0.3, -0.25) is 0 Å². The SMILES string of the molecule is CNc1ncccc1-c1noc(/C(=C\c2ccc(C)c(C)c2)c2cccc(C)c2)n1. The van der Waals surface area contributed by atoms with E-state index >= 15 is 0 Å². The Labute approximate surface area is 176 Å². The first-order valence-electron chi connectivity index (χ1n) is 9.88. The first-order valence-corrected chi connectivity index (χ1v) is 9.88. The van der Waals surface area contributed by atoms with Crippen LogP contribution in [0.15, 0.2) is 65.3 Å². The standard InChI is InChI=1S/C25H24N4O/c1-16-7-5-8-20(13-16)22(15-19-11-10-17(2)18(3)14-19)25-28-24(29-30-25)21-9-6-12-27-23(21)26-4/h5-15H,1-4H3,(H,26,27)/b22-15-. The minimum absolute atomic E-state index is 0.472. The van der Waals surface area contributed by atoms with Gasteiger partial charge in [-0.15, -0.1) is 0 Å². The number of nitrogens with one attached hydrogen (secondary N) is 1. The molecule has 2 aromatic carbocycles. The van der Waals surface area contributed by atoms with Gasteiger partial charge in [0.05, 0.1) is 5.56 Å². The maximum absolute atomic E-state index is 5.72. The van der Waals surface area contributed by atoms with E-state index in [0.717, 1.165) is 22.3 Å². The van der Waals surface area contributed by atoms with Gasteiger partial charge in [-0.25, -0.2) is 4.98 Å². The first kappa shape index (κ1) is 19.6. The zero-order valence-corrected chi connectivity index (χ0v) is 17.6. The molecule has 0 unspecified atom stereocenters. The Morgan fingerprint density at radius 1 is 0.967 bits per heavy atom. The molecular weight excluding hydrogens is 372 g/mol. The second-order valence-corrected chi connectivity index (χ2v) is 7.34. The molecule has 30 heavy (non-hydrogen) atoms. The van der Waals surface area contributed by atoms with E-state index in [1.807, 2.05) is 25.2 Å². The highest BCUT2D eigenvalue weighted by Gasteiger charge is 2.17. The fraction of sp³-hybridized carbons (Fsp3) is 0.160. The fourth-order valence-electron chi connectivity index (χ4n) is 3.33. The minimum atomic E-state index is 0.472. The van der Waals surface area contributed by atoms with Crippen molar-refractivity contribution in [2.75, 3.05) is 12.4 Å². The molecule has 0 atom stereocenters. The quantitative estimate of drug-likeness (QED) is 0.439. The topological polar surface area (TPSA) is 63.8 Å². The molecule has 0 radical (unpaired) electrons.